The molecule has 2 aromatic rings. The van der Waals surface area contributed by atoms with Crippen molar-refractivity contribution in [3.05, 3.63) is 12.0 Å². The Hall–Kier alpha value is -1.93. The number of anilines is 1. The number of ether oxygens (including phenoxy) is 1. The molecule has 108 valence electrons. The van der Waals surface area contributed by atoms with Crippen LogP contribution in [-0.4, -0.2) is 51.0 Å². The van der Waals surface area contributed by atoms with Crippen LogP contribution in [0, 0.1) is 0 Å². The molecule has 0 aromatic carbocycles. The molecule has 20 heavy (non-hydrogen) atoms. The van der Waals surface area contributed by atoms with Crippen LogP contribution in [0.3, 0.4) is 0 Å². The van der Waals surface area contributed by atoms with Gasteiger partial charge in [-0.15, -0.1) is 0 Å². The number of hydrogen-bond acceptors (Lipinski definition) is 7. The van der Waals surface area contributed by atoms with Crippen molar-refractivity contribution >= 4 is 5.82 Å². The molecule has 1 fully saturated rings. The Kier molecular flexibility index (Phi) is 3.41. The monoisotopic (exact) mass is 278 g/mol. The third-order valence-electron chi connectivity index (χ3n) is 3.46. The van der Waals surface area contributed by atoms with E-state index in [2.05, 4.69) is 39.1 Å². The first kappa shape index (κ1) is 13.1. The van der Waals surface area contributed by atoms with Crippen molar-refractivity contribution in [2.45, 2.75) is 26.0 Å². The summed E-state index contributed by atoms with van der Waals surface area (Å²) in [5.41, 5.74) is 6.35. The summed E-state index contributed by atoms with van der Waals surface area (Å²) in [7, 11) is 0. The summed E-state index contributed by atoms with van der Waals surface area (Å²) in [6, 6.07) is 0.470. The molecule has 1 unspecified atom stereocenters. The lowest BCUT2D eigenvalue weighted by molar-refractivity contribution is -0.0450. The van der Waals surface area contributed by atoms with E-state index in [0.717, 1.165) is 13.1 Å². The Bertz CT molecular complexity index is 578. The largest absolute Gasteiger partial charge is 0.383 e. The van der Waals surface area contributed by atoms with Gasteiger partial charge in [0.2, 0.25) is 5.82 Å². The fourth-order valence-electron chi connectivity index (χ4n) is 2.24. The fourth-order valence-corrected chi connectivity index (χ4v) is 2.24. The van der Waals surface area contributed by atoms with Crippen LogP contribution in [0.2, 0.25) is 0 Å². The number of aromatic nitrogens is 4. The second kappa shape index (κ2) is 5.22. The van der Waals surface area contributed by atoms with Gasteiger partial charge in [0.15, 0.2) is 0 Å². The summed E-state index contributed by atoms with van der Waals surface area (Å²) in [4.78, 5) is 6.69. The average Bonchev–Trinajstić information content (AvgIpc) is 3.07. The zero-order chi connectivity index (χ0) is 14.1. The Morgan fingerprint density at radius 3 is 3.05 bits per heavy atom. The maximum absolute atomic E-state index is 5.74. The fraction of sp³-hybridized carbons (Fsp3) is 0.583. The van der Waals surface area contributed by atoms with Crippen LogP contribution in [0.15, 0.2) is 10.7 Å². The highest BCUT2D eigenvalue weighted by atomic mass is 16.5. The average molecular weight is 278 g/mol. The van der Waals surface area contributed by atoms with Crippen LogP contribution >= 0.6 is 0 Å². The highest BCUT2D eigenvalue weighted by Gasteiger charge is 2.28. The first-order valence-corrected chi connectivity index (χ1v) is 6.63. The lowest BCUT2D eigenvalue weighted by atomic mass is 10.2. The molecule has 3 heterocycles. The zero-order valence-corrected chi connectivity index (χ0v) is 11.5. The predicted molar refractivity (Wildman–Crippen MR) is 71.7 cm³/mol. The molecule has 8 nitrogen and oxygen atoms in total. The van der Waals surface area contributed by atoms with Gasteiger partial charge in [0.1, 0.15) is 17.5 Å². The standard InChI is InChI=1S/C12H18N6O2/c1-7(2)18-3-4-19-9(6-18)11-15-12(20-17-11)8-5-14-16-10(8)13/h5,7,9H,3-4,6H2,1-2H3,(H3,13,14,16). The number of nitrogens with one attached hydrogen (secondary N) is 1. The number of hydrogen-bond donors (Lipinski definition) is 2. The molecule has 3 N–H and O–H groups in total. The summed E-state index contributed by atoms with van der Waals surface area (Å²) >= 11 is 0. The molecule has 0 radical (unpaired) electrons. The third kappa shape index (κ3) is 2.39. The normalized spacial score (nSPS) is 20.6. The first-order chi connectivity index (χ1) is 9.65. The maximum Gasteiger partial charge on any atom is 0.263 e. The van der Waals surface area contributed by atoms with Crippen LogP contribution in [0.1, 0.15) is 25.8 Å². The van der Waals surface area contributed by atoms with E-state index >= 15 is 0 Å². The smallest absolute Gasteiger partial charge is 0.263 e. The molecular formula is C12H18N6O2. The van der Waals surface area contributed by atoms with Crippen molar-refractivity contribution in [1.82, 2.24) is 25.2 Å². The quantitative estimate of drug-likeness (QED) is 0.856. The lowest BCUT2D eigenvalue weighted by Crippen LogP contribution is -2.42. The molecule has 8 heteroatoms. The van der Waals surface area contributed by atoms with Crippen molar-refractivity contribution in [2.75, 3.05) is 25.4 Å². The van der Waals surface area contributed by atoms with E-state index < -0.39 is 0 Å². The second-order valence-electron chi connectivity index (χ2n) is 5.10. The van der Waals surface area contributed by atoms with E-state index in [1.165, 1.54) is 0 Å². The number of nitrogens with two attached hydrogens (primary N) is 1. The first-order valence-electron chi connectivity index (χ1n) is 6.63. The molecule has 2 aromatic heterocycles. The zero-order valence-electron chi connectivity index (χ0n) is 11.5. The van der Waals surface area contributed by atoms with Crippen molar-refractivity contribution in [3.8, 4) is 11.5 Å². The number of nitrogens with zero attached hydrogens (tertiary/aromatic N) is 4. The summed E-state index contributed by atoms with van der Waals surface area (Å²) < 4.78 is 11.0. The molecular weight excluding hydrogens is 260 g/mol. The topological polar surface area (TPSA) is 106 Å². The van der Waals surface area contributed by atoms with E-state index in [0.29, 0.717) is 35.7 Å². The molecule has 1 atom stereocenters. The number of aromatic amines is 1. The van der Waals surface area contributed by atoms with Gasteiger partial charge in [-0.1, -0.05) is 5.16 Å². The van der Waals surface area contributed by atoms with Gasteiger partial charge in [0, 0.05) is 19.1 Å². The van der Waals surface area contributed by atoms with E-state index in [-0.39, 0.29) is 6.10 Å². The van der Waals surface area contributed by atoms with Gasteiger partial charge in [0.25, 0.3) is 5.89 Å². The summed E-state index contributed by atoms with van der Waals surface area (Å²) in [5, 5.41) is 10.5. The van der Waals surface area contributed by atoms with Crippen molar-refractivity contribution in [2.24, 2.45) is 0 Å². The molecule has 1 aliphatic rings. The SMILES string of the molecule is CC(C)N1CCOC(c2noc(-c3cn[nH]c3N)n2)C1. The molecule has 0 aliphatic carbocycles. The minimum absolute atomic E-state index is 0.170. The Balaban J connectivity index is 1.78. The number of nitrogen functional groups attached to an aromatic ring is 1. The van der Waals surface area contributed by atoms with Crippen LogP contribution < -0.4 is 5.73 Å². The number of morpholine rings is 1. The van der Waals surface area contributed by atoms with Gasteiger partial charge in [-0.2, -0.15) is 10.1 Å². The van der Waals surface area contributed by atoms with Crippen LogP contribution in [0.4, 0.5) is 5.82 Å². The minimum Gasteiger partial charge on any atom is -0.383 e. The second-order valence-corrected chi connectivity index (χ2v) is 5.10. The van der Waals surface area contributed by atoms with E-state index in [1.54, 1.807) is 6.20 Å². The van der Waals surface area contributed by atoms with E-state index in [1.807, 2.05) is 0 Å². The van der Waals surface area contributed by atoms with E-state index in [4.69, 9.17) is 15.0 Å². The van der Waals surface area contributed by atoms with Gasteiger partial charge < -0.3 is 15.0 Å². The number of H-pyrrole nitrogens is 1. The van der Waals surface area contributed by atoms with Gasteiger partial charge in [0.05, 0.1) is 12.8 Å². The predicted octanol–water partition coefficient (Wildman–Crippen LogP) is 0.824. The van der Waals surface area contributed by atoms with Crippen LogP contribution in [0.5, 0.6) is 0 Å². The molecule has 1 aliphatic heterocycles. The van der Waals surface area contributed by atoms with Crippen molar-refractivity contribution < 1.29 is 9.26 Å². The molecule has 0 saturated carbocycles. The van der Waals surface area contributed by atoms with Gasteiger partial charge >= 0.3 is 0 Å². The van der Waals surface area contributed by atoms with Crippen molar-refractivity contribution in [1.29, 1.82) is 0 Å². The molecule has 3 rings (SSSR count). The highest BCUT2D eigenvalue weighted by Crippen LogP contribution is 2.26. The Labute approximate surface area is 116 Å². The van der Waals surface area contributed by atoms with Crippen LogP contribution in [0.25, 0.3) is 11.5 Å². The van der Waals surface area contributed by atoms with E-state index in [9.17, 15) is 0 Å². The van der Waals surface area contributed by atoms with Crippen molar-refractivity contribution in [3.63, 3.8) is 0 Å². The molecule has 0 spiro atoms. The van der Waals surface area contributed by atoms with Gasteiger partial charge in [-0.05, 0) is 13.8 Å². The maximum atomic E-state index is 5.74. The molecule has 0 amide bonds. The number of rotatable bonds is 3. The third-order valence-corrected chi connectivity index (χ3v) is 3.46. The van der Waals surface area contributed by atoms with Crippen LogP contribution in [-0.2, 0) is 4.74 Å². The summed E-state index contributed by atoms with van der Waals surface area (Å²) in [6.07, 6.45) is 1.39. The van der Waals surface area contributed by atoms with Gasteiger partial charge in [-0.25, -0.2) is 0 Å². The summed E-state index contributed by atoms with van der Waals surface area (Å²) in [5.74, 6) is 1.32. The lowest BCUT2D eigenvalue weighted by Gasteiger charge is -2.34. The van der Waals surface area contributed by atoms with Gasteiger partial charge in [-0.3, -0.25) is 10.00 Å². The Morgan fingerprint density at radius 2 is 2.35 bits per heavy atom. The molecule has 1 saturated heterocycles. The highest BCUT2D eigenvalue weighted by molar-refractivity contribution is 5.65. The molecule has 0 bridgehead atoms. The minimum atomic E-state index is -0.170. The Morgan fingerprint density at radius 1 is 1.50 bits per heavy atom. The summed E-state index contributed by atoms with van der Waals surface area (Å²) in [6.45, 7) is 6.68.